The van der Waals surface area contributed by atoms with Gasteiger partial charge < -0.3 is 14.6 Å². The molecule has 0 spiro atoms. The first-order valence-electron chi connectivity index (χ1n) is 5.66. The van der Waals surface area contributed by atoms with Gasteiger partial charge in [-0.3, -0.25) is 0 Å². The number of rotatable bonds is 4. The number of ether oxygens (including phenoxy) is 2. The second-order valence-corrected chi connectivity index (χ2v) is 6.08. The molecule has 0 heterocycles. The van der Waals surface area contributed by atoms with Crippen molar-refractivity contribution >= 4 is 49.4 Å². The monoisotopic (exact) mass is 434 g/mol. The van der Waals surface area contributed by atoms with E-state index in [2.05, 4.69) is 31.9 Å². The van der Waals surface area contributed by atoms with Gasteiger partial charge in [0.05, 0.1) is 26.6 Å². The van der Waals surface area contributed by atoms with Crippen LogP contribution in [0.3, 0.4) is 0 Å². The summed E-state index contributed by atoms with van der Waals surface area (Å²) in [7, 11) is 1.57. The number of aromatic carboxylic acids is 1. The number of carboxylic acid groups (broad SMARTS) is 1. The van der Waals surface area contributed by atoms with Crippen LogP contribution in [0.5, 0.6) is 17.2 Å². The molecule has 0 amide bonds. The Labute approximate surface area is 142 Å². The van der Waals surface area contributed by atoms with Crippen molar-refractivity contribution in [2.75, 3.05) is 7.11 Å². The maximum absolute atomic E-state index is 10.9. The third-order valence-electron chi connectivity index (χ3n) is 2.61. The second-order valence-electron chi connectivity index (χ2n) is 3.97. The Bertz CT molecular complexity index is 704. The van der Waals surface area contributed by atoms with Crippen LogP contribution in [-0.2, 0) is 0 Å². The molecule has 2 aromatic carbocycles. The summed E-state index contributed by atoms with van der Waals surface area (Å²) in [5.74, 6) is 0.554. The Morgan fingerprint density at radius 2 is 1.76 bits per heavy atom. The number of carbonyl (C=O) groups is 1. The van der Waals surface area contributed by atoms with Crippen LogP contribution < -0.4 is 9.47 Å². The zero-order valence-electron chi connectivity index (χ0n) is 10.7. The van der Waals surface area contributed by atoms with Gasteiger partial charge in [0.15, 0.2) is 0 Å². The van der Waals surface area contributed by atoms with Crippen molar-refractivity contribution in [3.63, 3.8) is 0 Å². The summed E-state index contributed by atoms with van der Waals surface area (Å²) in [5.41, 5.74) is 0.0268. The van der Waals surface area contributed by atoms with Gasteiger partial charge in [0.25, 0.3) is 0 Å². The highest BCUT2D eigenvalue weighted by Gasteiger charge is 2.12. The Hall–Kier alpha value is -1.24. The average Bonchev–Trinajstić information content (AvgIpc) is 2.42. The lowest BCUT2D eigenvalue weighted by Gasteiger charge is -2.11. The van der Waals surface area contributed by atoms with Crippen LogP contribution in [0.2, 0.25) is 5.02 Å². The SMILES string of the molecule is COc1cc(Br)c(Oc2ccc(C(=O)O)c(Cl)c2)cc1Br. The molecule has 2 rings (SSSR count). The summed E-state index contributed by atoms with van der Waals surface area (Å²) in [6.45, 7) is 0. The quantitative estimate of drug-likeness (QED) is 0.701. The molecule has 2 aromatic rings. The van der Waals surface area contributed by atoms with E-state index in [1.54, 1.807) is 25.3 Å². The lowest BCUT2D eigenvalue weighted by Crippen LogP contribution is -1.97. The standard InChI is InChI=1S/C14H9Br2ClO4/c1-20-12-5-10(16)13(6-9(12)15)21-7-2-3-8(14(18)19)11(17)4-7/h2-6H,1H3,(H,18,19). The normalized spacial score (nSPS) is 10.3. The zero-order valence-corrected chi connectivity index (χ0v) is 14.6. The van der Waals surface area contributed by atoms with E-state index < -0.39 is 5.97 Å². The molecule has 0 aliphatic rings. The van der Waals surface area contributed by atoms with Crippen molar-refractivity contribution in [1.82, 2.24) is 0 Å². The topological polar surface area (TPSA) is 55.8 Å². The molecular formula is C14H9Br2ClO4. The van der Waals surface area contributed by atoms with Gasteiger partial charge >= 0.3 is 5.97 Å². The number of methoxy groups -OCH3 is 1. The van der Waals surface area contributed by atoms with Crippen molar-refractivity contribution in [3.05, 3.63) is 49.9 Å². The molecule has 4 nitrogen and oxygen atoms in total. The van der Waals surface area contributed by atoms with Gasteiger partial charge in [-0.15, -0.1) is 0 Å². The summed E-state index contributed by atoms with van der Waals surface area (Å²) in [4.78, 5) is 10.9. The van der Waals surface area contributed by atoms with E-state index in [0.29, 0.717) is 21.7 Å². The van der Waals surface area contributed by atoms with Crippen molar-refractivity contribution in [2.45, 2.75) is 0 Å². The maximum atomic E-state index is 10.9. The van der Waals surface area contributed by atoms with Gasteiger partial charge in [0.2, 0.25) is 0 Å². The second kappa shape index (κ2) is 6.68. The molecule has 0 aliphatic carbocycles. The number of hydrogen-bond donors (Lipinski definition) is 1. The van der Waals surface area contributed by atoms with Gasteiger partial charge in [0.1, 0.15) is 17.2 Å². The summed E-state index contributed by atoms with van der Waals surface area (Å²) in [6.07, 6.45) is 0. The van der Waals surface area contributed by atoms with E-state index in [4.69, 9.17) is 26.2 Å². The van der Waals surface area contributed by atoms with Gasteiger partial charge in [0, 0.05) is 6.07 Å². The van der Waals surface area contributed by atoms with Crippen LogP contribution in [-0.4, -0.2) is 18.2 Å². The van der Waals surface area contributed by atoms with Gasteiger partial charge in [-0.05, 0) is 56.1 Å². The van der Waals surface area contributed by atoms with E-state index in [-0.39, 0.29) is 10.6 Å². The average molecular weight is 436 g/mol. The lowest BCUT2D eigenvalue weighted by molar-refractivity contribution is 0.0697. The highest BCUT2D eigenvalue weighted by molar-refractivity contribution is 9.11. The minimum absolute atomic E-state index is 0.0268. The number of benzene rings is 2. The molecule has 0 unspecified atom stereocenters. The number of hydrogen-bond acceptors (Lipinski definition) is 3. The Balaban J connectivity index is 2.32. The number of halogens is 3. The summed E-state index contributed by atoms with van der Waals surface area (Å²) in [6, 6.07) is 7.89. The first kappa shape index (κ1) is 16.1. The van der Waals surface area contributed by atoms with E-state index in [1.165, 1.54) is 12.1 Å². The predicted octanol–water partition coefficient (Wildman–Crippen LogP) is 5.36. The minimum Gasteiger partial charge on any atom is -0.496 e. The fraction of sp³-hybridized carbons (Fsp3) is 0.0714. The molecule has 1 N–H and O–H groups in total. The predicted molar refractivity (Wildman–Crippen MR) is 86.9 cm³/mol. The van der Waals surface area contributed by atoms with Crippen LogP contribution >= 0.6 is 43.5 Å². The first-order valence-corrected chi connectivity index (χ1v) is 7.62. The minimum atomic E-state index is -1.08. The molecule has 0 radical (unpaired) electrons. The van der Waals surface area contributed by atoms with Crippen LogP contribution in [0.1, 0.15) is 10.4 Å². The molecule has 0 aromatic heterocycles. The fourth-order valence-corrected chi connectivity index (χ4v) is 2.74. The molecule has 0 saturated carbocycles. The van der Waals surface area contributed by atoms with E-state index in [0.717, 1.165) is 4.47 Å². The molecule has 0 aliphatic heterocycles. The van der Waals surface area contributed by atoms with Crippen LogP contribution in [0, 0.1) is 0 Å². The highest BCUT2D eigenvalue weighted by atomic mass is 79.9. The van der Waals surface area contributed by atoms with E-state index in [9.17, 15) is 4.79 Å². The van der Waals surface area contributed by atoms with Gasteiger partial charge in [-0.1, -0.05) is 11.6 Å². The Morgan fingerprint density at radius 3 is 2.33 bits per heavy atom. The summed E-state index contributed by atoms with van der Waals surface area (Å²) in [5, 5.41) is 9.05. The fourth-order valence-electron chi connectivity index (χ4n) is 1.60. The lowest BCUT2D eigenvalue weighted by atomic mass is 10.2. The van der Waals surface area contributed by atoms with Crippen LogP contribution in [0.25, 0.3) is 0 Å². The largest absolute Gasteiger partial charge is 0.496 e. The third kappa shape index (κ3) is 3.70. The van der Waals surface area contributed by atoms with Gasteiger partial charge in [-0.2, -0.15) is 0 Å². The molecule has 21 heavy (non-hydrogen) atoms. The smallest absolute Gasteiger partial charge is 0.337 e. The Morgan fingerprint density at radius 1 is 1.14 bits per heavy atom. The molecule has 0 saturated heterocycles. The van der Waals surface area contributed by atoms with Crippen molar-refractivity contribution in [2.24, 2.45) is 0 Å². The van der Waals surface area contributed by atoms with Crippen LogP contribution in [0.4, 0.5) is 0 Å². The molecule has 0 fully saturated rings. The molecule has 0 atom stereocenters. The van der Waals surface area contributed by atoms with Gasteiger partial charge in [-0.25, -0.2) is 4.79 Å². The molecule has 0 bridgehead atoms. The van der Waals surface area contributed by atoms with Crippen LogP contribution in [0.15, 0.2) is 39.3 Å². The highest BCUT2D eigenvalue weighted by Crippen LogP contribution is 2.38. The molecular weight excluding hydrogens is 427 g/mol. The Kier molecular flexibility index (Phi) is 5.13. The van der Waals surface area contributed by atoms with Crippen molar-refractivity contribution in [1.29, 1.82) is 0 Å². The summed E-state index contributed by atoms with van der Waals surface area (Å²) < 4.78 is 12.3. The zero-order chi connectivity index (χ0) is 15.6. The first-order chi connectivity index (χ1) is 9.92. The number of carboxylic acids is 1. The summed E-state index contributed by atoms with van der Waals surface area (Å²) >= 11 is 12.7. The molecule has 110 valence electrons. The molecule has 7 heteroatoms. The van der Waals surface area contributed by atoms with Crippen molar-refractivity contribution < 1.29 is 19.4 Å². The third-order valence-corrected chi connectivity index (χ3v) is 4.16. The van der Waals surface area contributed by atoms with Crippen molar-refractivity contribution in [3.8, 4) is 17.2 Å². The van der Waals surface area contributed by atoms with E-state index in [1.807, 2.05) is 0 Å². The van der Waals surface area contributed by atoms with E-state index >= 15 is 0 Å². The maximum Gasteiger partial charge on any atom is 0.337 e.